The first kappa shape index (κ1) is 23.5. The second-order valence-corrected chi connectivity index (χ2v) is 7.26. The van der Waals surface area contributed by atoms with E-state index in [4.69, 9.17) is 25.8 Å². The summed E-state index contributed by atoms with van der Waals surface area (Å²) in [7, 11) is 1.55. The Morgan fingerprint density at radius 3 is 2.53 bits per heavy atom. The number of carbonyl (C=O) groups is 2. The van der Waals surface area contributed by atoms with Crippen LogP contribution in [0.15, 0.2) is 42.5 Å². The number of halogens is 1. The van der Waals surface area contributed by atoms with Crippen molar-refractivity contribution in [1.82, 2.24) is 0 Å². The van der Waals surface area contributed by atoms with Crippen LogP contribution < -0.4 is 10.1 Å². The van der Waals surface area contributed by atoms with Crippen molar-refractivity contribution in [2.45, 2.75) is 38.9 Å². The maximum Gasteiger partial charge on any atom is 0.411 e. The number of ether oxygens (including phenoxy) is 3. The van der Waals surface area contributed by atoms with Crippen LogP contribution in [0.2, 0.25) is 5.02 Å². The average Bonchev–Trinajstić information content (AvgIpc) is 2.69. The van der Waals surface area contributed by atoms with Crippen molar-refractivity contribution >= 4 is 29.4 Å². The van der Waals surface area contributed by atoms with Gasteiger partial charge in [-0.15, -0.1) is 0 Å². The van der Waals surface area contributed by atoms with Gasteiger partial charge in [0, 0.05) is 12.8 Å². The largest absolute Gasteiger partial charge is 0.496 e. The second-order valence-electron chi connectivity index (χ2n) is 6.85. The molecular weight excluding hydrogens is 410 g/mol. The summed E-state index contributed by atoms with van der Waals surface area (Å²) in [5, 5.41) is 12.4. The molecular formula is C22H26ClNO6. The molecule has 0 saturated heterocycles. The zero-order valence-corrected chi connectivity index (χ0v) is 17.9. The standard InChI is InChI=1S/C22H26ClNO6/c1-14(2)30-20(21(25)26)13-15-8-9-19(28-3)16(12-15)10-11-29-22(27)24-18-7-5-4-6-17(18)23/h4-9,12,14,20H,10-11,13H2,1-3H3,(H,24,27)(H,25,26). The van der Waals surface area contributed by atoms with Crippen LogP contribution in [0, 0.1) is 0 Å². The van der Waals surface area contributed by atoms with Crippen molar-refractivity contribution in [3.05, 3.63) is 58.6 Å². The number of carbonyl (C=O) groups excluding carboxylic acids is 1. The highest BCUT2D eigenvalue weighted by molar-refractivity contribution is 6.33. The minimum Gasteiger partial charge on any atom is -0.496 e. The summed E-state index contributed by atoms with van der Waals surface area (Å²) in [6.45, 7) is 3.70. The molecule has 1 atom stereocenters. The number of para-hydroxylation sites is 1. The van der Waals surface area contributed by atoms with Crippen LogP contribution in [0.1, 0.15) is 25.0 Å². The van der Waals surface area contributed by atoms with Crippen LogP contribution in [0.4, 0.5) is 10.5 Å². The molecule has 2 aromatic rings. The summed E-state index contributed by atoms with van der Waals surface area (Å²) in [6.07, 6.45) is -1.14. The van der Waals surface area contributed by atoms with Gasteiger partial charge in [0.05, 0.1) is 30.5 Å². The van der Waals surface area contributed by atoms with Crippen molar-refractivity contribution in [3.8, 4) is 5.75 Å². The third-order valence-corrected chi connectivity index (χ3v) is 4.52. The molecule has 2 rings (SSSR count). The summed E-state index contributed by atoms with van der Waals surface area (Å²) < 4.78 is 16.1. The lowest BCUT2D eigenvalue weighted by atomic mass is 10.0. The number of aliphatic carboxylic acids is 1. The fraction of sp³-hybridized carbons (Fsp3) is 0.364. The van der Waals surface area contributed by atoms with Crippen LogP contribution in [-0.2, 0) is 27.1 Å². The molecule has 0 aliphatic rings. The normalized spacial score (nSPS) is 11.8. The van der Waals surface area contributed by atoms with Crippen molar-refractivity contribution in [2.75, 3.05) is 19.0 Å². The van der Waals surface area contributed by atoms with Crippen LogP contribution in [0.5, 0.6) is 5.75 Å². The zero-order valence-electron chi connectivity index (χ0n) is 17.2. The second kappa shape index (κ2) is 11.4. The van der Waals surface area contributed by atoms with Crippen LogP contribution in [0.3, 0.4) is 0 Å². The Morgan fingerprint density at radius 2 is 1.90 bits per heavy atom. The van der Waals surface area contributed by atoms with E-state index in [1.807, 2.05) is 6.07 Å². The van der Waals surface area contributed by atoms with Gasteiger partial charge in [-0.05, 0) is 43.2 Å². The van der Waals surface area contributed by atoms with Crippen molar-refractivity contribution in [2.24, 2.45) is 0 Å². The van der Waals surface area contributed by atoms with E-state index < -0.39 is 18.2 Å². The number of carboxylic acid groups (broad SMARTS) is 1. The zero-order chi connectivity index (χ0) is 22.1. The number of anilines is 1. The Kier molecular flexibility index (Phi) is 8.95. The third kappa shape index (κ3) is 7.24. The molecule has 1 amide bonds. The molecule has 2 aromatic carbocycles. The molecule has 0 saturated carbocycles. The smallest absolute Gasteiger partial charge is 0.411 e. The molecule has 0 bridgehead atoms. The highest BCUT2D eigenvalue weighted by Crippen LogP contribution is 2.23. The quantitative estimate of drug-likeness (QED) is 0.568. The Bertz CT molecular complexity index is 870. The van der Waals surface area contributed by atoms with Gasteiger partial charge < -0.3 is 19.3 Å². The maximum atomic E-state index is 12.0. The molecule has 0 fully saturated rings. The van der Waals surface area contributed by atoms with Gasteiger partial charge in [0.15, 0.2) is 6.10 Å². The summed E-state index contributed by atoms with van der Waals surface area (Å²) in [4.78, 5) is 23.4. The molecule has 0 radical (unpaired) electrons. The number of methoxy groups -OCH3 is 1. The van der Waals surface area contributed by atoms with Crippen LogP contribution in [0.25, 0.3) is 0 Å². The average molecular weight is 436 g/mol. The molecule has 0 aromatic heterocycles. The number of rotatable bonds is 10. The predicted molar refractivity (Wildman–Crippen MR) is 114 cm³/mol. The number of carboxylic acids is 1. The lowest BCUT2D eigenvalue weighted by molar-refractivity contribution is -0.153. The van der Waals surface area contributed by atoms with Gasteiger partial charge >= 0.3 is 12.1 Å². The summed E-state index contributed by atoms with van der Waals surface area (Å²) in [6, 6.07) is 12.3. The Balaban J connectivity index is 1.98. The van der Waals surface area contributed by atoms with Gasteiger partial charge in [-0.2, -0.15) is 0 Å². The van der Waals surface area contributed by atoms with Crippen LogP contribution >= 0.6 is 11.6 Å². The van der Waals surface area contributed by atoms with Crippen molar-refractivity contribution in [3.63, 3.8) is 0 Å². The van der Waals surface area contributed by atoms with Gasteiger partial charge in [-0.25, -0.2) is 9.59 Å². The fourth-order valence-electron chi connectivity index (χ4n) is 2.85. The van der Waals surface area contributed by atoms with E-state index in [1.54, 1.807) is 57.4 Å². The third-order valence-electron chi connectivity index (χ3n) is 4.19. The highest BCUT2D eigenvalue weighted by Gasteiger charge is 2.20. The van der Waals surface area contributed by atoms with E-state index in [-0.39, 0.29) is 19.1 Å². The summed E-state index contributed by atoms with van der Waals surface area (Å²) in [5.74, 6) is -0.383. The molecule has 30 heavy (non-hydrogen) atoms. The first-order valence-electron chi connectivity index (χ1n) is 9.52. The predicted octanol–water partition coefficient (Wildman–Crippen LogP) is 4.56. The van der Waals surface area contributed by atoms with Gasteiger partial charge in [0.2, 0.25) is 0 Å². The molecule has 0 aliphatic heterocycles. The lowest BCUT2D eigenvalue weighted by Crippen LogP contribution is -2.29. The molecule has 0 aliphatic carbocycles. The van der Waals surface area contributed by atoms with E-state index in [0.29, 0.717) is 22.9 Å². The molecule has 1 unspecified atom stereocenters. The monoisotopic (exact) mass is 435 g/mol. The van der Waals surface area contributed by atoms with Crippen LogP contribution in [-0.4, -0.2) is 43.1 Å². The molecule has 7 nitrogen and oxygen atoms in total. The van der Waals surface area contributed by atoms with Gasteiger partial charge in [0.1, 0.15) is 5.75 Å². The van der Waals surface area contributed by atoms with Crippen molar-refractivity contribution < 1.29 is 28.9 Å². The number of benzene rings is 2. The fourth-order valence-corrected chi connectivity index (χ4v) is 3.04. The number of nitrogens with one attached hydrogen (secondary N) is 1. The number of hydrogen-bond acceptors (Lipinski definition) is 5. The van der Waals surface area contributed by atoms with E-state index >= 15 is 0 Å². The molecule has 2 N–H and O–H groups in total. The van der Waals surface area contributed by atoms with Crippen molar-refractivity contribution in [1.29, 1.82) is 0 Å². The first-order chi connectivity index (χ1) is 14.3. The topological polar surface area (TPSA) is 94.1 Å². The Morgan fingerprint density at radius 1 is 1.17 bits per heavy atom. The minimum absolute atomic E-state index is 0.112. The summed E-state index contributed by atoms with van der Waals surface area (Å²) >= 11 is 6.01. The molecule has 162 valence electrons. The molecule has 8 heteroatoms. The number of hydrogen-bond donors (Lipinski definition) is 2. The highest BCUT2D eigenvalue weighted by atomic mass is 35.5. The summed E-state index contributed by atoms with van der Waals surface area (Å²) in [5.41, 5.74) is 2.06. The minimum atomic E-state index is -1.01. The van der Waals surface area contributed by atoms with E-state index in [1.165, 1.54) is 0 Å². The van der Waals surface area contributed by atoms with Gasteiger partial charge in [-0.3, -0.25) is 5.32 Å². The van der Waals surface area contributed by atoms with Gasteiger partial charge in [-0.1, -0.05) is 35.9 Å². The molecule has 0 heterocycles. The van der Waals surface area contributed by atoms with E-state index in [0.717, 1.165) is 11.1 Å². The van der Waals surface area contributed by atoms with E-state index in [2.05, 4.69) is 5.32 Å². The first-order valence-corrected chi connectivity index (χ1v) is 9.90. The SMILES string of the molecule is COc1ccc(CC(OC(C)C)C(=O)O)cc1CCOC(=O)Nc1ccccc1Cl. The lowest BCUT2D eigenvalue weighted by Gasteiger charge is -2.17. The Hall–Kier alpha value is -2.77. The molecule has 0 spiro atoms. The number of amides is 1. The Labute approximate surface area is 180 Å². The van der Waals surface area contributed by atoms with Gasteiger partial charge in [0.25, 0.3) is 0 Å². The maximum absolute atomic E-state index is 12.0. The van der Waals surface area contributed by atoms with E-state index in [9.17, 15) is 14.7 Å².